The maximum absolute atomic E-state index is 10.2. The monoisotopic (exact) mass is 213 g/mol. The van der Waals surface area contributed by atoms with Gasteiger partial charge in [0.25, 0.3) is 0 Å². The molecule has 0 aliphatic rings. The molecule has 0 heterocycles. The third-order valence-electron chi connectivity index (χ3n) is 1.39. The lowest BCUT2D eigenvalue weighted by molar-refractivity contribution is 0.143. The zero-order chi connectivity index (χ0) is 11.4. The van der Waals surface area contributed by atoms with E-state index in [1.807, 2.05) is 0 Å². The van der Waals surface area contributed by atoms with Gasteiger partial charge >= 0.3 is 12.3 Å². The summed E-state index contributed by atoms with van der Waals surface area (Å²) in [5, 5.41) is 16.6. The number of benzene rings is 1. The number of anilines is 1. The Morgan fingerprint density at radius 3 is 2.27 bits per heavy atom. The first-order chi connectivity index (χ1) is 6.99. The summed E-state index contributed by atoms with van der Waals surface area (Å²) in [6.45, 7) is 0. The van der Waals surface area contributed by atoms with Crippen LogP contribution in [0.5, 0.6) is 11.5 Å². The van der Waals surface area contributed by atoms with Crippen molar-refractivity contribution in [2.45, 2.75) is 0 Å². The molecule has 0 fully saturated rings. The van der Waals surface area contributed by atoms with E-state index in [2.05, 4.69) is 9.47 Å². The molecule has 0 amide bonds. The lowest BCUT2D eigenvalue weighted by Crippen LogP contribution is -2.07. The predicted octanol–water partition coefficient (Wildman–Crippen LogP) is 1.38. The Labute approximate surface area is 83.6 Å². The molecule has 7 nitrogen and oxygen atoms in total. The van der Waals surface area contributed by atoms with Crippen molar-refractivity contribution < 1.29 is 29.3 Å². The van der Waals surface area contributed by atoms with Crippen LogP contribution in [0.3, 0.4) is 0 Å². The van der Waals surface area contributed by atoms with Gasteiger partial charge in [0, 0.05) is 6.07 Å². The summed E-state index contributed by atoms with van der Waals surface area (Å²) in [7, 11) is 0. The van der Waals surface area contributed by atoms with E-state index in [1.165, 1.54) is 12.1 Å². The number of hydrogen-bond donors (Lipinski definition) is 3. The van der Waals surface area contributed by atoms with Crippen LogP contribution in [0.4, 0.5) is 15.3 Å². The van der Waals surface area contributed by atoms with Gasteiger partial charge in [0.15, 0.2) is 5.75 Å². The van der Waals surface area contributed by atoms with Crippen LogP contribution in [0.25, 0.3) is 0 Å². The Hall–Kier alpha value is -2.44. The van der Waals surface area contributed by atoms with Crippen LogP contribution in [-0.4, -0.2) is 22.5 Å². The average molecular weight is 213 g/mol. The summed E-state index contributed by atoms with van der Waals surface area (Å²) >= 11 is 0. The van der Waals surface area contributed by atoms with Gasteiger partial charge in [0.1, 0.15) is 5.75 Å². The van der Waals surface area contributed by atoms with Crippen molar-refractivity contribution in [2.75, 3.05) is 5.73 Å². The lowest BCUT2D eigenvalue weighted by Gasteiger charge is -2.05. The smallest absolute Gasteiger partial charge is 0.449 e. The number of nitrogen functional groups attached to an aromatic ring is 1. The van der Waals surface area contributed by atoms with E-state index in [9.17, 15) is 9.59 Å². The molecule has 7 heteroatoms. The van der Waals surface area contributed by atoms with E-state index in [1.54, 1.807) is 0 Å². The number of carboxylic acid groups (broad SMARTS) is 2. The van der Waals surface area contributed by atoms with Crippen LogP contribution < -0.4 is 15.2 Å². The molecule has 0 spiro atoms. The highest BCUT2D eigenvalue weighted by molar-refractivity contribution is 5.68. The molecule has 1 aromatic rings. The highest BCUT2D eigenvalue weighted by Crippen LogP contribution is 2.27. The summed E-state index contributed by atoms with van der Waals surface area (Å²) in [5.74, 6) is -0.255. The number of carbonyl (C=O) groups is 2. The SMILES string of the molecule is Nc1ccc(OC(=O)O)cc1OC(=O)O. The Morgan fingerprint density at radius 2 is 1.73 bits per heavy atom. The second kappa shape index (κ2) is 4.18. The third kappa shape index (κ3) is 3.07. The summed E-state index contributed by atoms with van der Waals surface area (Å²) in [5.41, 5.74) is 5.44. The Bertz CT molecular complexity index is 402. The highest BCUT2D eigenvalue weighted by Gasteiger charge is 2.09. The fourth-order valence-electron chi connectivity index (χ4n) is 0.861. The van der Waals surface area contributed by atoms with Gasteiger partial charge in [-0.1, -0.05) is 0 Å². The minimum Gasteiger partial charge on any atom is -0.449 e. The molecule has 1 rings (SSSR count). The average Bonchev–Trinajstić information content (AvgIpc) is 2.09. The molecule has 0 saturated heterocycles. The summed E-state index contributed by atoms with van der Waals surface area (Å²) < 4.78 is 8.57. The van der Waals surface area contributed by atoms with Crippen molar-refractivity contribution in [2.24, 2.45) is 0 Å². The molecule has 15 heavy (non-hydrogen) atoms. The molecule has 0 saturated carbocycles. The zero-order valence-corrected chi connectivity index (χ0v) is 7.34. The topological polar surface area (TPSA) is 119 Å². The molecular formula is C8H7NO6. The molecule has 0 radical (unpaired) electrons. The first-order valence-electron chi connectivity index (χ1n) is 3.70. The fourth-order valence-corrected chi connectivity index (χ4v) is 0.861. The molecule has 0 aliphatic heterocycles. The first kappa shape index (κ1) is 10.6. The summed E-state index contributed by atoms with van der Waals surface area (Å²) in [6.07, 6.45) is -3.06. The van der Waals surface area contributed by atoms with Crippen LogP contribution in [0.2, 0.25) is 0 Å². The number of nitrogens with two attached hydrogens (primary N) is 1. The number of hydrogen-bond acceptors (Lipinski definition) is 5. The maximum Gasteiger partial charge on any atom is 0.511 e. The fraction of sp³-hybridized carbons (Fsp3) is 0. The van der Waals surface area contributed by atoms with E-state index in [0.29, 0.717) is 0 Å². The summed E-state index contributed by atoms with van der Waals surface area (Å²) in [6, 6.07) is 3.62. The molecule has 0 bridgehead atoms. The molecular weight excluding hydrogens is 206 g/mol. The van der Waals surface area contributed by atoms with Crippen LogP contribution in [0.1, 0.15) is 0 Å². The summed E-state index contributed by atoms with van der Waals surface area (Å²) in [4.78, 5) is 20.4. The Morgan fingerprint density at radius 1 is 1.13 bits per heavy atom. The largest absolute Gasteiger partial charge is 0.511 e. The zero-order valence-electron chi connectivity index (χ0n) is 7.34. The molecule has 4 N–H and O–H groups in total. The second-order valence-corrected chi connectivity index (χ2v) is 2.44. The normalized spacial score (nSPS) is 9.33. The Balaban J connectivity index is 2.94. The quantitative estimate of drug-likeness (QED) is 0.385. The molecule has 1 aromatic carbocycles. The van der Waals surface area contributed by atoms with Crippen molar-refractivity contribution in [3.05, 3.63) is 18.2 Å². The number of ether oxygens (including phenoxy) is 2. The van der Waals surface area contributed by atoms with Gasteiger partial charge in [-0.2, -0.15) is 0 Å². The van der Waals surface area contributed by atoms with Gasteiger partial charge in [-0.25, -0.2) is 9.59 Å². The van der Waals surface area contributed by atoms with Crippen molar-refractivity contribution in [3.63, 3.8) is 0 Å². The minimum atomic E-state index is -1.55. The van der Waals surface area contributed by atoms with Crippen molar-refractivity contribution in [1.82, 2.24) is 0 Å². The standard InChI is InChI=1S/C8H7NO6/c9-5-2-1-4(14-7(10)11)3-6(5)15-8(12)13/h1-3H,9H2,(H,10,11)(H,12,13). The van der Waals surface area contributed by atoms with Gasteiger partial charge in [-0.3, -0.25) is 0 Å². The van der Waals surface area contributed by atoms with Gasteiger partial charge < -0.3 is 25.4 Å². The molecule has 0 atom stereocenters. The lowest BCUT2D eigenvalue weighted by atomic mass is 10.3. The van der Waals surface area contributed by atoms with Crippen molar-refractivity contribution >= 4 is 18.0 Å². The van der Waals surface area contributed by atoms with Crippen LogP contribution in [0, 0.1) is 0 Å². The maximum atomic E-state index is 10.2. The number of rotatable bonds is 2. The van der Waals surface area contributed by atoms with E-state index in [4.69, 9.17) is 15.9 Å². The van der Waals surface area contributed by atoms with Crippen molar-refractivity contribution in [1.29, 1.82) is 0 Å². The molecule has 0 aliphatic carbocycles. The van der Waals surface area contributed by atoms with E-state index >= 15 is 0 Å². The van der Waals surface area contributed by atoms with Gasteiger partial charge in [0.05, 0.1) is 5.69 Å². The highest BCUT2D eigenvalue weighted by atomic mass is 16.7. The second-order valence-electron chi connectivity index (χ2n) is 2.44. The van der Waals surface area contributed by atoms with Crippen LogP contribution in [-0.2, 0) is 0 Å². The molecule has 0 unspecified atom stereocenters. The van der Waals surface area contributed by atoms with Crippen molar-refractivity contribution in [3.8, 4) is 11.5 Å². The van der Waals surface area contributed by atoms with Gasteiger partial charge in [-0.05, 0) is 12.1 Å². The van der Waals surface area contributed by atoms with Crippen LogP contribution >= 0.6 is 0 Å². The minimum absolute atomic E-state index is 0.0649. The van der Waals surface area contributed by atoms with Gasteiger partial charge in [0.2, 0.25) is 0 Å². The molecule has 80 valence electrons. The van der Waals surface area contributed by atoms with E-state index < -0.39 is 12.3 Å². The predicted molar refractivity (Wildman–Crippen MR) is 48.2 cm³/mol. The van der Waals surface area contributed by atoms with E-state index in [-0.39, 0.29) is 17.2 Å². The van der Waals surface area contributed by atoms with Gasteiger partial charge in [-0.15, -0.1) is 0 Å². The van der Waals surface area contributed by atoms with E-state index in [0.717, 1.165) is 6.07 Å². The first-order valence-corrected chi connectivity index (χ1v) is 3.70. The Kier molecular flexibility index (Phi) is 2.97. The third-order valence-corrected chi connectivity index (χ3v) is 1.39. The van der Waals surface area contributed by atoms with Crippen LogP contribution in [0.15, 0.2) is 18.2 Å². The molecule has 0 aromatic heterocycles.